The van der Waals surface area contributed by atoms with Crippen molar-refractivity contribution < 1.29 is 19.3 Å². The minimum atomic E-state index is -0.336. The molecule has 4 aliphatic carbocycles. The summed E-state index contributed by atoms with van der Waals surface area (Å²) < 4.78 is 19.9. The second kappa shape index (κ2) is 9.29. The highest BCUT2D eigenvalue weighted by Crippen LogP contribution is 2.71. The molecule has 7 rings (SSSR count). The third-order valence-corrected chi connectivity index (χ3v) is 13.2. The summed E-state index contributed by atoms with van der Waals surface area (Å²) >= 11 is 0. The molecule has 4 nitrogen and oxygen atoms in total. The van der Waals surface area contributed by atoms with Crippen molar-refractivity contribution in [2.45, 2.75) is 116 Å². The lowest BCUT2D eigenvalue weighted by Crippen LogP contribution is -2.57. The van der Waals surface area contributed by atoms with Crippen molar-refractivity contribution in [3.63, 3.8) is 0 Å². The lowest BCUT2D eigenvalue weighted by molar-refractivity contribution is -0.273. The number of aliphatic hydroxyl groups is 1. The van der Waals surface area contributed by atoms with Crippen LogP contribution in [0.15, 0.2) is 30.3 Å². The molecule has 0 amide bonds. The number of fused-ring (bicyclic) bond motifs is 7. The third-order valence-electron chi connectivity index (χ3n) is 13.2. The van der Waals surface area contributed by atoms with Gasteiger partial charge in [-0.25, -0.2) is 0 Å². The molecule has 1 aromatic carbocycles. The van der Waals surface area contributed by atoms with Gasteiger partial charge in [0.05, 0.1) is 31.5 Å². The number of hydrogen-bond acceptors (Lipinski definition) is 4. The van der Waals surface area contributed by atoms with Gasteiger partial charge in [-0.05, 0) is 103 Å². The van der Waals surface area contributed by atoms with Crippen LogP contribution < -0.4 is 0 Å². The van der Waals surface area contributed by atoms with Gasteiger partial charge < -0.3 is 19.3 Å². The zero-order valence-corrected chi connectivity index (χ0v) is 24.1. The smallest absolute Gasteiger partial charge is 0.171 e. The maximum atomic E-state index is 11.1. The van der Waals surface area contributed by atoms with E-state index >= 15 is 0 Å². The monoisotopic (exact) mass is 522 g/mol. The van der Waals surface area contributed by atoms with Gasteiger partial charge in [0.1, 0.15) is 0 Å². The predicted molar refractivity (Wildman–Crippen MR) is 148 cm³/mol. The first-order valence-electron chi connectivity index (χ1n) is 15.9. The molecule has 0 radical (unpaired) electrons. The van der Waals surface area contributed by atoms with Crippen molar-refractivity contribution in [3.05, 3.63) is 35.9 Å². The Bertz CT molecular complexity index is 1000. The van der Waals surface area contributed by atoms with E-state index in [0.717, 1.165) is 43.6 Å². The van der Waals surface area contributed by atoms with E-state index in [1.165, 1.54) is 44.1 Å². The fraction of sp³-hybridized carbons (Fsp3) is 0.824. The molecule has 13 atom stereocenters. The van der Waals surface area contributed by atoms with E-state index in [9.17, 15) is 5.11 Å². The van der Waals surface area contributed by atoms with E-state index in [2.05, 4.69) is 58.0 Å². The number of aliphatic hydroxyl groups excluding tert-OH is 1. The average molecular weight is 523 g/mol. The quantitative estimate of drug-likeness (QED) is 0.465. The van der Waals surface area contributed by atoms with Gasteiger partial charge in [0.2, 0.25) is 0 Å². The van der Waals surface area contributed by atoms with Gasteiger partial charge in [-0.15, -0.1) is 0 Å². The Balaban J connectivity index is 1.09. The van der Waals surface area contributed by atoms with Gasteiger partial charge in [0.25, 0.3) is 0 Å². The molecule has 38 heavy (non-hydrogen) atoms. The summed E-state index contributed by atoms with van der Waals surface area (Å²) in [5.41, 5.74) is 1.82. The molecular formula is C34H50O4. The van der Waals surface area contributed by atoms with E-state index in [1.807, 2.05) is 0 Å². The first-order chi connectivity index (χ1) is 18.2. The Labute approximate surface area is 230 Å². The van der Waals surface area contributed by atoms with Crippen molar-refractivity contribution in [2.75, 3.05) is 6.61 Å². The van der Waals surface area contributed by atoms with Crippen LogP contribution in [0.5, 0.6) is 0 Å². The highest BCUT2D eigenvalue weighted by molar-refractivity contribution is 5.16. The standard InChI is InChI=1S/C34H50O4/c1-21-12-15-34(37-19-21)22(2)31-29(38-34)17-27-25-11-10-24-16-28(35)30(36-20-23-8-6-5-7-9-23)18-33(24,4)26(25)13-14-32(27,31)3/h5-9,21-22,24-31,35H,10-20H2,1-4H3/t21-,22+,24+,25-,26+,27+,28-,29+,30-,31+,32+,33+,34-/m1/s1. The summed E-state index contributed by atoms with van der Waals surface area (Å²) in [6, 6.07) is 10.4. The molecule has 2 saturated heterocycles. The van der Waals surface area contributed by atoms with Crippen LogP contribution in [0.2, 0.25) is 0 Å². The number of ether oxygens (including phenoxy) is 3. The normalized spacial score (nSPS) is 53.7. The zero-order chi connectivity index (χ0) is 26.3. The summed E-state index contributed by atoms with van der Waals surface area (Å²) in [4.78, 5) is 0. The van der Waals surface area contributed by atoms with Crippen molar-refractivity contribution >= 4 is 0 Å². The van der Waals surface area contributed by atoms with E-state index in [0.29, 0.717) is 41.8 Å². The number of rotatable bonds is 3. The maximum absolute atomic E-state index is 11.1. The van der Waals surface area contributed by atoms with Gasteiger partial charge in [-0.3, -0.25) is 0 Å². The first kappa shape index (κ1) is 26.0. The van der Waals surface area contributed by atoms with Crippen LogP contribution >= 0.6 is 0 Å². The van der Waals surface area contributed by atoms with Gasteiger partial charge in [0, 0.05) is 12.3 Å². The summed E-state index contributed by atoms with van der Waals surface area (Å²) in [5.74, 6) is 4.35. The van der Waals surface area contributed by atoms with Crippen LogP contribution in [0.3, 0.4) is 0 Å². The molecule has 1 spiro atoms. The zero-order valence-electron chi connectivity index (χ0n) is 24.1. The maximum Gasteiger partial charge on any atom is 0.171 e. The molecule has 2 heterocycles. The Morgan fingerprint density at radius 2 is 1.76 bits per heavy atom. The molecule has 210 valence electrons. The van der Waals surface area contributed by atoms with Crippen LogP contribution in [0.25, 0.3) is 0 Å². The summed E-state index contributed by atoms with van der Waals surface area (Å²) in [5, 5.41) is 11.1. The number of hydrogen-bond donors (Lipinski definition) is 1. The fourth-order valence-corrected chi connectivity index (χ4v) is 11.2. The van der Waals surface area contributed by atoms with Gasteiger partial charge in [0.15, 0.2) is 5.79 Å². The Hall–Kier alpha value is -0.940. The molecule has 4 saturated carbocycles. The van der Waals surface area contributed by atoms with Crippen LogP contribution in [-0.4, -0.2) is 35.8 Å². The highest BCUT2D eigenvalue weighted by Gasteiger charge is 2.69. The summed E-state index contributed by atoms with van der Waals surface area (Å²) in [7, 11) is 0. The molecule has 4 heteroatoms. The second-order valence-corrected chi connectivity index (χ2v) is 15.0. The van der Waals surface area contributed by atoms with Gasteiger partial charge >= 0.3 is 0 Å². The van der Waals surface area contributed by atoms with E-state index in [1.54, 1.807) is 0 Å². The molecule has 6 fully saturated rings. The minimum Gasteiger partial charge on any atom is -0.390 e. The molecule has 6 aliphatic rings. The Morgan fingerprint density at radius 3 is 2.53 bits per heavy atom. The van der Waals surface area contributed by atoms with Crippen molar-refractivity contribution in [1.82, 2.24) is 0 Å². The molecule has 0 aromatic heterocycles. The summed E-state index contributed by atoms with van der Waals surface area (Å²) in [6.07, 6.45) is 10.7. The minimum absolute atomic E-state index is 0.0551. The Morgan fingerprint density at radius 1 is 0.947 bits per heavy atom. The molecule has 0 unspecified atom stereocenters. The first-order valence-corrected chi connectivity index (χ1v) is 15.9. The summed E-state index contributed by atoms with van der Waals surface area (Å²) in [6.45, 7) is 11.4. The molecule has 2 aliphatic heterocycles. The highest BCUT2D eigenvalue weighted by atomic mass is 16.7. The number of benzene rings is 1. The average Bonchev–Trinajstić information content (AvgIpc) is 3.35. The van der Waals surface area contributed by atoms with Gasteiger partial charge in [-0.1, -0.05) is 58.0 Å². The molecule has 1 aromatic rings. The topological polar surface area (TPSA) is 47.9 Å². The third kappa shape index (κ3) is 3.83. The van der Waals surface area contributed by atoms with Crippen LogP contribution in [0.1, 0.15) is 91.0 Å². The van der Waals surface area contributed by atoms with Crippen molar-refractivity contribution in [1.29, 1.82) is 0 Å². The lowest BCUT2D eigenvalue weighted by Gasteiger charge is -2.62. The van der Waals surface area contributed by atoms with Gasteiger partial charge in [-0.2, -0.15) is 0 Å². The molecular weight excluding hydrogens is 472 g/mol. The lowest BCUT2D eigenvalue weighted by atomic mass is 9.44. The predicted octanol–water partition coefficient (Wildman–Crippen LogP) is 6.99. The second-order valence-electron chi connectivity index (χ2n) is 15.0. The van der Waals surface area contributed by atoms with Crippen LogP contribution in [0.4, 0.5) is 0 Å². The SMILES string of the molecule is C[C@@H]1CC[C@@]2(OC1)O[C@H]1C[C@H]3[C@@H]4CC[C@H]5C[C@@H](O)[C@H](OCc6ccccc6)C[C@]5(C)[C@H]4CC[C@]3(C)[C@H]1[C@@H]2C. The molecule has 1 N–H and O–H groups in total. The largest absolute Gasteiger partial charge is 0.390 e. The van der Waals surface area contributed by atoms with Crippen LogP contribution in [0, 0.1) is 52.3 Å². The molecule has 0 bridgehead atoms. The van der Waals surface area contributed by atoms with Crippen molar-refractivity contribution in [3.8, 4) is 0 Å². The van der Waals surface area contributed by atoms with Crippen molar-refractivity contribution in [2.24, 2.45) is 52.3 Å². The van der Waals surface area contributed by atoms with E-state index < -0.39 is 0 Å². The van der Waals surface area contributed by atoms with E-state index in [-0.39, 0.29) is 23.4 Å². The van der Waals surface area contributed by atoms with E-state index in [4.69, 9.17) is 14.2 Å². The fourth-order valence-electron chi connectivity index (χ4n) is 11.2. The Kier molecular flexibility index (Phi) is 6.36. The van der Waals surface area contributed by atoms with Crippen LogP contribution in [-0.2, 0) is 20.8 Å².